The molecule has 3 fully saturated rings. The quantitative estimate of drug-likeness (QED) is 0.0654. The third-order valence-electron chi connectivity index (χ3n) is 8.85. The van der Waals surface area contributed by atoms with Gasteiger partial charge in [0.15, 0.2) is 25.5 Å². The molecule has 15 atom stereocenters. The van der Waals surface area contributed by atoms with Crippen LogP contribution in [0.2, 0.25) is 0 Å². The number of benzene rings is 1. The normalized spacial score (nSPS) is 37.0. The van der Waals surface area contributed by atoms with Gasteiger partial charge in [-0.25, -0.2) is 4.79 Å². The van der Waals surface area contributed by atoms with Crippen LogP contribution in [0.25, 0.3) is 0 Å². The molecule has 0 saturated carbocycles. The number of nitrogens with one attached hydrogen (secondary N) is 2. The molecule has 4 rings (SSSR count). The Morgan fingerprint density at radius 2 is 1.35 bits per heavy atom. The number of aliphatic hydroxyl groups excluding tert-OH is 9. The first kappa shape index (κ1) is 43.6. The molecule has 9 unspecified atom stereocenters. The molecule has 3 heterocycles. The summed E-state index contributed by atoms with van der Waals surface area (Å²) >= 11 is 0. The Bertz CT molecular complexity index is 1370. The third kappa shape index (κ3) is 10.8. The van der Waals surface area contributed by atoms with Crippen molar-refractivity contribution in [3.05, 3.63) is 29.8 Å². The number of ether oxygens (including phenoxy) is 7. The second-order valence-electron chi connectivity index (χ2n) is 12.7. The van der Waals surface area contributed by atoms with Crippen LogP contribution in [0.15, 0.2) is 24.3 Å². The zero-order valence-electron chi connectivity index (χ0n) is 29.0. The molecule has 2 amide bonds. The third-order valence-corrected chi connectivity index (χ3v) is 8.85. The van der Waals surface area contributed by atoms with E-state index in [0.717, 1.165) is 6.92 Å². The van der Waals surface area contributed by atoms with E-state index in [-0.39, 0.29) is 30.9 Å². The molecule has 0 aromatic heterocycles. The average molecular weight is 781 g/mol. The molecular formula is C32H48N2O20. The summed E-state index contributed by atoms with van der Waals surface area (Å²) in [6.07, 6.45) is -23.4. The lowest BCUT2D eigenvalue weighted by Gasteiger charge is -2.48. The fourth-order valence-electron chi connectivity index (χ4n) is 6.00. The average Bonchev–Trinajstić information content (AvgIpc) is 3.15. The van der Waals surface area contributed by atoms with Gasteiger partial charge in [-0.05, 0) is 24.6 Å². The van der Waals surface area contributed by atoms with E-state index < -0.39 is 136 Å². The fraction of sp³-hybridized carbons (Fsp3) is 0.719. The molecule has 0 bridgehead atoms. The van der Waals surface area contributed by atoms with E-state index in [2.05, 4.69) is 10.6 Å². The van der Waals surface area contributed by atoms with Gasteiger partial charge in [0.1, 0.15) is 78.9 Å². The maximum absolute atomic E-state index is 12.2. The second kappa shape index (κ2) is 20.1. The predicted molar refractivity (Wildman–Crippen MR) is 173 cm³/mol. The number of carboxylic acids is 1. The highest BCUT2D eigenvalue weighted by atomic mass is 16.8. The van der Waals surface area contributed by atoms with Crippen LogP contribution in [-0.2, 0) is 38.0 Å². The highest BCUT2D eigenvalue weighted by Gasteiger charge is 2.54. The van der Waals surface area contributed by atoms with Crippen molar-refractivity contribution >= 4 is 17.8 Å². The number of carboxylic acid groups (broad SMARTS) is 1. The van der Waals surface area contributed by atoms with Crippen LogP contribution >= 0.6 is 0 Å². The lowest BCUT2D eigenvalue weighted by atomic mass is 9.95. The zero-order valence-corrected chi connectivity index (χ0v) is 29.0. The number of rotatable bonds is 17. The molecule has 3 saturated heterocycles. The van der Waals surface area contributed by atoms with Crippen LogP contribution in [-0.4, -0.2) is 200 Å². The second-order valence-corrected chi connectivity index (χ2v) is 12.7. The summed E-state index contributed by atoms with van der Waals surface area (Å²) in [6.45, 7) is -1.69. The highest BCUT2D eigenvalue weighted by molar-refractivity contribution is 5.88. The maximum atomic E-state index is 12.2. The molecule has 1 aromatic rings. The number of aliphatic hydroxyl groups is 9. The number of carbonyl (C=O) groups excluding carboxylic acids is 2. The lowest BCUT2D eigenvalue weighted by Crippen LogP contribution is -2.68. The molecule has 0 spiro atoms. The summed E-state index contributed by atoms with van der Waals surface area (Å²) in [7, 11) is 0. The van der Waals surface area contributed by atoms with E-state index >= 15 is 0 Å². The van der Waals surface area contributed by atoms with Crippen molar-refractivity contribution in [1.82, 2.24) is 10.6 Å². The summed E-state index contributed by atoms with van der Waals surface area (Å²) in [6, 6.07) is 4.26. The van der Waals surface area contributed by atoms with Crippen molar-refractivity contribution in [2.75, 3.05) is 39.6 Å². The zero-order chi connectivity index (χ0) is 39.7. The Kier molecular flexibility index (Phi) is 16.2. The van der Waals surface area contributed by atoms with Gasteiger partial charge in [-0.15, -0.1) is 0 Å². The van der Waals surface area contributed by atoms with E-state index in [4.69, 9.17) is 38.3 Å². The van der Waals surface area contributed by atoms with E-state index in [1.165, 1.54) is 24.3 Å². The SMILES string of the molecule is CC(=O)NC1C(O)[C@H](O[C@@H]2OC(CO)[C@H](O)C(O[C@H]3OC(CO)[C@H](O)C(O)C3O)C2O)C(CO)O[C@H]1OCCCNC(=O)COc1cccc(C(=O)O)c1. The fourth-order valence-corrected chi connectivity index (χ4v) is 6.00. The molecule has 3 aliphatic rings. The Balaban J connectivity index is 1.35. The molecule has 0 aliphatic carbocycles. The first-order chi connectivity index (χ1) is 25.7. The summed E-state index contributed by atoms with van der Waals surface area (Å²) in [5.41, 5.74) is -0.0116. The van der Waals surface area contributed by atoms with Crippen LogP contribution < -0.4 is 15.4 Å². The van der Waals surface area contributed by atoms with Crippen molar-refractivity contribution in [1.29, 1.82) is 0 Å². The summed E-state index contributed by atoms with van der Waals surface area (Å²) < 4.78 is 39.1. The molecule has 22 heteroatoms. The topological polar surface area (TPSA) is 342 Å². The minimum atomic E-state index is -1.97. The van der Waals surface area contributed by atoms with Crippen LogP contribution in [0.3, 0.4) is 0 Å². The lowest BCUT2D eigenvalue weighted by molar-refractivity contribution is -0.376. The van der Waals surface area contributed by atoms with Gasteiger partial charge in [0.2, 0.25) is 5.91 Å². The van der Waals surface area contributed by atoms with Crippen LogP contribution in [0.5, 0.6) is 5.75 Å². The van der Waals surface area contributed by atoms with Gasteiger partial charge in [0, 0.05) is 13.5 Å². The van der Waals surface area contributed by atoms with Gasteiger partial charge in [-0.1, -0.05) is 6.07 Å². The van der Waals surface area contributed by atoms with Crippen LogP contribution in [0, 0.1) is 0 Å². The minimum absolute atomic E-state index is 0.0116. The van der Waals surface area contributed by atoms with Gasteiger partial charge in [-0.2, -0.15) is 0 Å². The monoisotopic (exact) mass is 780 g/mol. The van der Waals surface area contributed by atoms with E-state index in [9.17, 15) is 60.3 Å². The van der Waals surface area contributed by atoms with Crippen molar-refractivity contribution in [3.8, 4) is 5.75 Å². The molecule has 12 N–H and O–H groups in total. The Morgan fingerprint density at radius 3 is 1.98 bits per heavy atom. The number of amides is 2. The molecule has 3 aliphatic heterocycles. The van der Waals surface area contributed by atoms with Gasteiger partial charge < -0.3 is 94.9 Å². The summed E-state index contributed by atoms with van der Waals surface area (Å²) in [5, 5.41) is 108. The van der Waals surface area contributed by atoms with Crippen molar-refractivity contribution in [2.45, 2.75) is 105 Å². The largest absolute Gasteiger partial charge is 0.484 e. The molecule has 22 nitrogen and oxygen atoms in total. The predicted octanol–water partition coefficient (Wildman–Crippen LogP) is -6.12. The Labute approximate surface area is 307 Å². The van der Waals surface area contributed by atoms with Crippen molar-refractivity contribution in [3.63, 3.8) is 0 Å². The van der Waals surface area contributed by atoms with Gasteiger partial charge >= 0.3 is 5.97 Å². The molecular weight excluding hydrogens is 732 g/mol. The standard InChI is InChI=1S/C32H48N2O20/c1-13(38)34-20-23(42)27(18(11-37)52-30(20)48-7-3-6-33-19(39)12-49-15-5-2-4-14(8-15)29(46)47)53-32-26(45)28(22(41)17(10-36)51-32)54-31-25(44)24(43)21(40)16(9-35)50-31/h2,4-5,8,16-18,20-28,30-32,35-37,40-45H,3,6-7,9-12H2,1H3,(H,33,39)(H,34,38)(H,46,47)/t16?,17?,18?,20?,21-,22-,23?,24?,25?,26?,27+,28?,30+,31+,32-/m0/s1. The molecule has 0 radical (unpaired) electrons. The van der Waals surface area contributed by atoms with Crippen LogP contribution in [0.4, 0.5) is 0 Å². The van der Waals surface area contributed by atoms with E-state index in [1.54, 1.807) is 0 Å². The van der Waals surface area contributed by atoms with Crippen molar-refractivity contribution < 1.29 is 98.6 Å². The van der Waals surface area contributed by atoms with Gasteiger partial charge in [0.05, 0.1) is 32.0 Å². The van der Waals surface area contributed by atoms with Crippen LogP contribution in [0.1, 0.15) is 23.7 Å². The van der Waals surface area contributed by atoms with Gasteiger partial charge in [-0.3, -0.25) is 9.59 Å². The number of hydrogen-bond acceptors (Lipinski definition) is 19. The summed E-state index contributed by atoms with van der Waals surface area (Å²) in [5.74, 6) is -2.11. The Hall–Kier alpha value is -3.17. The molecule has 54 heavy (non-hydrogen) atoms. The first-order valence-corrected chi connectivity index (χ1v) is 17.0. The number of aromatic carboxylic acids is 1. The smallest absolute Gasteiger partial charge is 0.335 e. The molecule has 1 aromatic carbocycles. The number of carbonyl (C=O) groups is 3. The molecule has 306 valence electrons. The maximum Gasteiger partial charge on any atom is 0.335 e. The van der Waals surface area contributed by atoms with Crippen molar-refractivity contribution in [2.24, 2.45) is 0 Å². The number of hydrogen-bond donors (Lipinski definition) is 12. The highest BCUT2D eigenvalue weighted by Crippen LogP contribution is 2.33. The van der Waals surface area contributed by atoms with Gasteiger partial charge in [0.25, 0.3) is 5.91 Å². The first-order valence-electron chi connectivity index (χ1n) is 17.0. The van der Waals surface area contributed by atoms with E-state index in [1.807, 2.05) is 0 Å². The summed E-state index contributed by atoms with van der Waals surface area (Å²) in [4.78, 5) is 35.4. The van der Waals surface area contributed by atoms with E-state index in [0.29, 0.717) is 0 Å². The Morgan fingerprint density at radius 1 is 0.741 bits per heavy atom. The minimum Gasteiger partial charge on any atom is -0.484 e.